The number of benzene rings is 1. The highest BCUT2D eigenvalue weighted by Gasteiger charge is 2.10. The van der Waals surface area contributed by atoms with E-state index in [2.05, 4.69) is 10.1 Å². The number of methoxy groups -OCH3 is 2. The highest BCUT2D eigenvalue weighted by Crippen LogP contribution is 2.28. The van der Waals surface area contributed by atoms with Crippen molar-refractivity contribution in [1.82, 2.24) is 5.32 Å². The Balaban J connectivity index is 2.63. The fraction of sp³-hybridized carbons (Fsp3) is 0.462. The number of carbonyl (C=O) groups is 1. The Bertz CT molecular complexity index is 412. The predicted molar refractivity (Wildman–Crippen MR) is 72.5 cm³/mol. The smallest absolute Gasteiger partial charge is 0.343 e. The van der Waals surface area contributed by atoms with Gasteiger partial charge in [0, 0.05) is 25.8 Å². The molecule has 0 radical (unpaired) electrons. The zero-order chi connectivity index (χ0) is 14.1. The Labute approximate surface area is 117 Å². The number of hydrogen-bond acceptors (Lipinski definition) is 5. The van der Waals surface area contributed by atoms with Gasteiger partial charge in [-0.25, -0.2) is 4.79 Å². The topological polar surface area (TPSA) is 56.8 Å². The summed E-state index contributed by atoms with van der Waals surface area (Å²) in [5.41, 5.74) is 0.882. The van der Waals surface area contributed by atoms with Crippen molar-refractivity contribution in [2.75, 3.05) is 34.0 Å². The summed E-state index contributed by atoms with van der Waals surface area (Å²) in [4.78, 5) is 11.1. The lowest BCUT2D eigenvalue weighted by Crippen LogP contribution is -2.20. The summed E-state index contributed by atoms with van der Waals surface area (Å²) in [6.45, 7) is 1.77. The van der Waals surface area contributed by atoms with E-state index in [9.17, 15) is 4.79 Å². The molecule has 0 spiro atoms. The van der Waals surface area contributed by atoms with Crippen LogP contribution in [0.4, 0.5) is 0 Å². The highest BCUT2D eigenvalue weighted by atomic mass is 35.5. The van der Waals surface area contributed by atoms with Gasteiger partial charge in [0.15, 0.2) is 6.61 Å². The first-order valence-corrected chi connectivity index (χ1v) is 6.23. The van der Waals surface area contributed by atoms with E-state index in [0.29, 0.717) is 23.9 Å². The number of halogens is 1. The number of para-hydroxylation sites is 1. The van der Waals surface area contributed by atoms with Crippen molar-refractivity contribution < 1.29 is 19.0 Å². The normalized spacial score (nSPS) is 10.3. The Hall–Kier alpha value is -1.30. The second kappa shape index (κ2) is 8.74. The third kappa shape index (κ3) is 5.46. The molecule has 6 heteroatoms. The second-order valence-electron chi connectivity index (χ2n) is 3.76. The first-order chi connectivity index (χ1) is 9.19. The van der Waals surface area contributed by atoms with Crippen molar-refractivity contribution in [1.29, 1.82) is 0 Å². The van der Waals surface area contributed by atoms with Crippen LogP contribution in [0.5, 0.6) is 5.75 Å². The van der Waals surface area contributed by atoms with Crippen LogP contribution in [-0.2, 0) is 20.8 Å². The fourth-order valence-electron chi connectivity index (χ4n) is 1.44. The van der Waals surface area contributed by atoms with Crippen molar-refractivity contribution in [2.24, 2.45) is 0 Å². The summed E-state index contributed by atoms with van der Waals surface area (Å²) < 4.78 is 14.9. The molecule has 0 fully saturated rings. The van der Waals surface area contributed by atoms with Gasteiger partial charge in [0.05, 0.1) is 18.7 Å². The molecule has 1 aromatic rings. The van der Waals surface area contributed by atoms with E-state index in [4.69, 9.17) is 21.1 Å². The van der Waals surface area contributed by atoms with E-state index in [1.54, 1.807) is 13.2 Å². The molecule has 0 heterocycles. The number of esters is 1. The molecule has 1 aromatic carbocycles. The van der Waals surface area contributed by atoms with E-state index in [1.807, 2.05) is 12.1 Å². The minimum absolute atomic E-state index is 0.161. The van der Waals surface area contributed by atoms with Crippen LogP contribution in [0.2, 0.25) is 5.02 Å². The van der Waals surface area contributed by atoms with Gasteiger partial charge < -0.3 is 19.5 Å². The van der Waals surface area contributed by atoms with Crippen LogP contribution < -0.4 is 10.1 Å². The Kier molecular flexibility index (Phi) is 7.25. The summed E-state index contributed by atoms with van der Waals surface area (Å²) in [6.07, 6.45) is 0. The third-order valence-electron chi connectivity index (χ3n) is 2.41. The molecule has 0 aliphatic rings. The van der Waals surface area contributed by atoms with E-state index in [1.165, 1.54) is 7.11 Å². The number of nitrogens with one attached hydrogen (secondary N) is 1. The highest BCUT2D eigenvalue weighted by molar-refractivity contribution is 6.32. The van der Waals surface area contributed by atoms with Crippen molar-refractivity contribution in [3.05, 3.63) is 28.8 Å². The predicted octanol–water partition coefficient (Wildman–Crippen LogP) is 1.63. The summed E-state index contributed by atoms with van der Waals surface area (Å²) >= 11 is 6.07. The summed E-state index contributed by atoms with van der Waals surface area (Å²) in [7, 11) is 2.96. The van der Waals surface area contributed by atoms with E-state index >= 15 is 0 Å². The molecule has 106 valence electrons. The van der Waals surface area contributed by atoms with E-state index in [-0.39, 0.29) is 6.61 Å². The first-order valence-electron chi connectivity index (χ1n) is 5.85. The molecule has 0 aliphatic carbocycles. The van der Waals surface area contributed by atoms with Crippen LogP contribution in [0.1, 0.15) is 5.56 Å². The number of carbonyl (C=O) groups excluding carboxylic acids is 1. The molecule has 1 rings (SSSR count). The molecule has 1 N–H and O–H groups in total. The molecule has 0 aromatic heterocycles. The summed E-state index contributed by atoms with van der Waals surface area (Å²) in [5, 5.41) is 3.66. The monoisotopic (exact) mass is 287 g/mol. The molecular formula is C13H18ClNO4. The summed E-state index contributed by atoms with van der Waals surface area (Å²) in [6, 6.07) is 5.44. The van der Waals surface area contributed by atoms with Crippen LogP contribution in [0.15, 0.2) is 18.2 Å². The van der Waals surface area contributed by atoms with Crippen LogP contribution in [0.25, 0.3) is 0 Å². The average molecular weight is 288 g/mol. The standard InChI is InChI=1S/C13H18ClNO4/c1-17-7-6-15-8-10-4-3-5-11(14)13(10)19-9-12(16)18-2/h3-5,15H,6-9H2,1-2H3. The van der Waals surface area contributed by atoms with Crippen LogP contribution >= 0.6 is 11.6 Å². The Morgan fingerprint density at radius 1 is 1.37 bits per heavy atom. The Morgan fingerprint density at radius 3 is 2.84 bits per heavy atom. The molecule has 0 saturated carbocycles. The minimum atomic E-state index is -0.446. The lowest BCUT2D eigenvalue weighted by Gasteiger charge is -2.13. The Morgan fingerprint density at radius 2 is 2.16 bits per heavy atom. The summed E-state index contributed by atoms with van der Waals surface area (Å²) in [5.74, 6) is 0.0534. The first kappa shape index (κ1) is 15.8. The van der Waals surface area contributed by atoms with Gasteiger partial charge in [0.2, 0.25) is 0 Å². The maximum absolute atomic E-state index is 11.1. The van der Waals surface area contributed by atoms with Gasteiger partial charge in [-0.1, -0.05) is 23.7 Å². The van der Waals surface area contributed by atoms with Gasteiger partial charge >= 0.3 is 5.97 Å². The third-order valence-corrected chi connectivity index (χ3v) is 2.71. The molecule has 0 atom stereocenters. The molecule has 0 bridgehead atoms. The minimum Gasteiger partial charge on any atom is -0.480 e. The molecular weight excluding hydrogens is 270 g/mol. The number of hydrogen-bond donors (Lipinski definition) is 1. The van der Waals surface area contributed by atoms with Gasteiger partial charge in [-0.3, -0.25) is 0 Å². The molecule has 0 amide bonds. The number of rotatable bonds is 8. The molecule has 19 heavy (non-hydrogen) atoms. The van der Waals surface area contributed by atoms with Gasteiger partial charge in [-0.05, 0) is 6.07 Å². The fourth-order valence-corrected chi connectivity index (χ4v) is 1.69. The molecule has 5 nitrogen and oxygen atoms in total. The van der Waals surface area contributed by atoms with Gasteiger partial charge in [-0.2, -0.15) is 0 Å². The largest absolute Gasteiger partial charge is 0.480 e. The van der Waals surface area contributed by atoms with E-state index < -0.39 is 5.97 Å². The SMILES string of the molecule is COCCNCc1cccc(Cl)c1OCC(=O)OC. The van der Waals surface area contributed by atoms with Gasteiger partial charge in [0.1, 0.15) is 5.75 Å². The van der Waals surface area contributed by atoms with Gasteiger partial charge in [0.25, 0.3) is 0 Å². The van der Waals surface area contributed by atoms with Crippen LogP contribution in [-0.4, -0.2) is 39.9 Å². The van der Waals surface area contributed by atoms with E-state index in [0.717, 1.165) is 12.1 Å². The van der Waals surface area contributed by atoms with Crippen molar-refractivity contribution in [3.63, 3.8) is 0 Å². The lowest BCUT2D eigenvalue weighted by molar-refractivity contribution is -0.142. The molecule has 0 aliphatic heterocycles. The zero-order valence-corrected chi connectivity index (χ0v) is 11.8. The maximum atomic E-state index is 11.1. The van der Waals surface area contributed by atoms with Gasteiger partial charge in [-0.15, -0.1) is 0 Å². The second-order valence-corrected chi connectivity index (χ2v) is 4.17. The lowest BCUT2D eigenvalue weighted by atomic mass is 10.2. The average Bonchev–Trinajstić information content (AvgIpc) is 2.42. The van der Waals surface area contributed by atoms with Crippen molar-refractivity contribution >= 4 is 17.6 Å². The maximum Gasteiger partial charge on any atom is 0.343 e. The molecule has 0 unspecified atom stereocenters. The van der Waals surface area contributed by atoms with Crippen molar-refractivity contribution in [2.45, 2.75) is 6.54 Å². The van der Waals surface area contributed by atoms with Crippen LogP contribution in [0.3, 0.4) is 0 Å². The van der Waals surface area contributed by atoms with Crippen molar-refractivity contribution in [3.8, 4) is 5.75 Å². The molecule has 0 saturated heterocycles. The quantitative estimate of drug-likeness (QED) is 0.582. The zero-order valence-electron chi connectivity index (χ0n) is 11.1. The van der Waals surface area contributed by atoms with Crippen LogP contribution in [0, 0.1) is 0 Å². The number of ether oxygens (including phenoxy) is 3.